The molecule has 1 atom stereocenters. The lowest BCUT2D eigenvalue weighted by atomic mass is 10.1. The maximum Gasteiger partial charge on any atom is 0.225 e. The van der Waals surface area contributed by atoms with Crippen molar-refractivity contribution in [3.05, 3.63) is 64.7 Å². The van der Waals surface area contributed by atoms with Gasteiger partial charge < -0.3 is 15.0 Å². The number of halogens is 1. The number of rotatable bonds is 6. The molecule has 26 heavy (non-hydrogen) atoms. The predicted octanol–water partition coefficient (Wildman–Crippen LogP) is 3.01. The first kappa shape index (κ1) is 18.3. The fourth-order valence-electron chi connectivity index (χ4n) is 3.09. The fourth-order valence-corrected chi connectivity index (χ4v) is 3.21. The van der Waals surface area contributed by atoms with E-state index in [4.69, 9.17) is 16.3 Å². The zero-order chi connectivity index (χ0) is 18.5. The average Bonchev–Trinajstić information content (AvgIpc) is 3.02. The Kier molecular flexibility index (Phi) is 5.78. The number of nitrogens with zero attached hydrogens (tertiary/aromatic N) is 1. The van der Waals surface area contributed by atoms with Crippen molar-refractivity contribution in [3.63, 3.8) is 0 Å². The molecule has 136 valence electrons. The second-order valence-corrected chi connectivity index (χ2v) is 6.77. The number of hydrogen-bond acceptors (Lipinski definition) is 3. The Bertz CT molecular complexity index is 792. The average molecular weight is 373 g/mol. The number of amides is 2. The minimum absolute atomic E-state index is 0.00242. The van der Waals surface area contributed by atoms with E-state index in [1.807, 2.05) is 36.4 Å². The SMILES string of the molecule is COc1ccccc1CNC(=O)C1CC(=O)N(Cc2ccc(Cl)cc2)C1. The van der Waals surface area contributed by atoms with E-state index in [2.05, 4.69) is 5.32 Å². The van der Waals surface area contributed by atoms with Gasteiger partial charge in [0.15, 0.2) is 0 Å². The van der Waals surface area contributed by atoms with Crippen LogP contribution in [0.25, 0.3) is 0 Å². The molecule has 6 heteroatoms. The summed E-state index contributed by atoms with van der Waals surface area (Å²) in [5.41, 5.74) is 1.91. The van der Waals surface area contributed by atoms with Crippen LogP contribution in [0.1, 0.15) is 17.5 Å². The van der Waals surface area contributed by atoms with Crippen LogP contribution in [0.4, 0.5) is 0 Å². The summed E-state index contributed by atoms with van der Waals surface area (Å²) in [5, 5.41) is 3.57. The zero-order valence-corrected chi connectivity index (χ0v) is 15.3. The van der Waals surface area contributed by atoms with E-state index in [9.17, 15) is 9.59 Å². The lowest BCUT2D eigenvalue weighted by Crippen LogP contribution is -2.32. The molecule has 0 aliphatic carbocycles. The van der Waals surface area contributed by atoms with E-state index in [1.54, 1.807) is 24.1 Å². The van der Waals surface area contributed by atoms with E-state index < -0.39 is 0 Å². The minimum Gasteiger partial charge on any atom is -0.496 e. The molecule has 2 aromatic rings. The van der Waals surface area contributed by atoms with Crippen molar-refractivity contribution in [2.45, 2.75) is 19.5 Å². The highest BCUT2D eigenvalue weighted by Gasteiger charge is 2.34. The fraction of sp³-hybridized carbons (Fsp3) is 0.300. The number of likely N-dealkylation sites (tertiary alicyclic amines) is 1. The number of carbonyl (C=O) groups is 2. The van der Waals surface area contributed by atoms with Crippen molar-refractivity contribution in [3.8, 4) is 5.75 Å². The Labute approximate surface area is 157 Å². The van der Waals surface area contributed by atoms with Crippen LogP contribution >= 0.6 is 11.6 Å². The van der Waals surface area contributed by atoms with Crippen molar-refractivity contribution >= 4 is 23.4 Å². The van der Waals surface area contributed by atoms with Crippen molar-refractivity contribution in [1.82, 2.24) is 10.2 Å². The first-order valence-corrected chi connectivity index (χ1v) is 8.86. The molecular weight excluding hydrogens is 352 g/mol. The van der Waals surface area contributed by atoms with Gasteiger partial charge in [-0.25, -0.2) is 0 Å². The van der Waals surface area contributed by atoms with E-state index >= 15 is 0 Å². The van der Waals surface area contributed by atoms with E-state index in [0.29, 0.717) is 24.7 Å². The number of carbonyl (C=O) groups excluding carboxylic acids is 2. The Balaban J connectivity index is 1.55. The Morgan fingerprint density at radius 3 is 2.69 bits per heavy atom. The summed E-state index contributed by atoms with van der Waals surface area (Å²) < 4.78 is 5.29. The van der Waals surface area contributed by atoms with Gasteiger partial charge in [-0.05, 0) is 23.8 Å². The second-order valence-electron chi connectivity index (χ2n) is 6.33. The number of benzene rings is 2. The first-order chi connectivity index (χ1) is 12.6. The molecule has 0 radical (unpaired) electrons. The van der Waals surface area contributed by atoms with Crippen molar-refractivity contribution in [1.29, 1.82) is 0 Å². The topological polar surface area (TPSA) is 58.6 Å². The third kappa shape index (κ3) is 4.35. The number of methoxy groups -OCH3 is 1. The van der Waals surface area contributed by atoms with Gasteiger partial charge in [0.25, 0.3) is 0 Å². The van der Waals surface area contributed by atoms with Gasteiger partial charge in [-0.1, -0.05) is 41.9 Å². The predicted molar refractivity (Wildman–Crippen MR) is 99.8 cm³/mol. The maximum atomic E-state index is 12.5. The van der Waals surface area contributed by atoms with Crippen molar-refractivity contribution < 1.29 is 14.3 Å². The Hall–Kier alpha value is -2.53. The van der Waals surface area contributed by atoms with Gasteiger partial charge in [0, 0.05) is 36.6 Å². The molecule has 2 amide bonds. The maximum absolute atomic E-state index is 12.5. The summed E-state index contributed by atoms with van der Waals surface area (Å²) >= 11 is 5.89. The lowest BCUT2D eigenvalue weighted by Gasteiger charge is -2.17. The monoisotopic (exact) mass is 372 g/mol. The number of ether oxygens (including phenoxy) is 1. The standard InChI is InChI=1S/C20H21ClN2O3/c1-26-18-5-3-2-4-15(18)11-22-20(25)16-10-19(24)23(13-16)12-14-6-8-17(21)9-7-14/h2-9,16H,10-13H2,1H3,(H,22,25). The van der Waals surface area contributed by atoms with E-state index in [-0.39, 0.29) is 24.2 Å². The molecule has 1 N–H and O–H groups in total. The molecule has 3 rings (SSSR count). The number of para-hydroxylation sites is 1. The van der Waals surface area contributed by atoms with Gasteiger partial charge in [-0.3, -0.25) is 9.59 Å². The molecule has 0 saturated carbocycles. The van der Waals surface area contributed by atoms with Crippen LogP contribution < -0.4 is 10.1 Å². The summed E-state index contributed by atoms with van der Waals surface area (Å²) in [7, 11) is 1.60. The van der Waals surface area contributed by atoms with E-state index in [1.165, 1.54) is 0 Å². The molecule has 0 spiro atoms. The van der Waals surface area contributed by atoms with Gasteiger partial charge in [-0.15, -0.1) is 0 Å². The van der Waals surface area contributed by atoms with Crippen LogP contribution in [-0.2, 0) is 22.7 Å². The summed E-state index contributed by atoms with van der Waals surface area (Å²) in [4.78, 5) is 26.4. The Morgan fingerprint density at radius 1 is 1.23 bits per heavy atom. The highest BCUT2D eigenvalue weighted by molar-refractivity contribution is 6.30. The number of hydrogen-bond donors (Lipinski definition) is 1. The van der Waals surface area contributed by atoms with Gasteiger partial charge in [0.2, 0.25) is 11.8 Å². The van der Waals surface area contributed by atoms with Crippen LogP contribution in [0.3, 0.4) is 0 Å². The molecule has 1 heterocycles. The molecular formula is C20H21ClN2O3. The van der Waals surface area contributed by atoms with Crippen LogP contribution in [-0.4, -0.2) is 30.4 Å². The van der Waals surface area contributed by atoms with Gasteiger partial charge in [-0.2, -0.15) is 0 Å². The van der Waals surface area contributed by atoms with Crippen LogP contribution in [0.15, 0.2) is 48.5 Å². The van der Waals surface area contributed by atoms with Crippen LogP contribution in [0, 0.1) is 5.92 Å². The third-order valence-corrected chi connectivity index (χ3v) is 4.77. The third-order valence-electron chi connectivity index (χ3n) is 4.52. The molecule has 5 nitrogen and oxygen atoms in total. The summed E-state index contributed by atoms with van der Waals surface area (Å²) in [5.74, 6) is 0.296. The largest absolute Gasteiger partial charge is 0.496 e. The van der Waals surface area contributed by atoms with E-state index in [0.717, 1.165) is 16.9 Å². The summed E-state index contributed by atoms with van der Waals surface area (Å²) in [6.07, 6.45) is 0.241. The molecule has 1 unspecified atom stereocenters. The minimum atomic E-state index is -0.329. The van der Waals surface area contributed by atoms with Gasteiger partial charge in [0.05, 0.1) is 13.0 Å². The first-order valence-electron chi connectivity index (χ1n) is 8.48. The molecule has 1 aliphatic rings. The highest BCUT2D eigenvalue weighted by Crippen LogP contribution is 2.22. The highest BCUT2D eigenvalue weighted by atomic mass is 35.5. The second kappa shape index (κ2) is 8.23. The van der Waals surface area contributed by atoms with Crippen LogP contribution in [0.5, 0.6) is 5.75 Å². The summed E-state index contributed by atoms with van der Waals surface area (Å²) in [6, 6.07) is 14.9. The normalized spacial score (nSPS) is 16.6. The van der Waals surface area contributed by atoms with Crippen molar-refractivity contribution in [2.24, 2.45) is 5.92 Å². The molecule has 2 aromatic carbocycles. The van der Waals surface area contributed by atoms with Gasteiger partial charge in [0.1, 0.15) is 5.75 Å². The lowest BCUT2D eigenvalue weighted by molar-refractivity contribution is -0.129. The smallest absolute Gasteiger partial charge is 0.225 e. The number of nitrogens with one attached hydrogen (secondary N) is 1. The van der Waals surface area contributed by atoms with Gasteiger partial charge >= 0.3 is 0 Å². The quantitative estimate of drug-likeness (QED) is 0.848. The summed E-state index contributed by atoms with van der Waals surface area (Å²) in [6.45, 7) is 1.30. The van der Waals surface area contributed by atoms with Crippen LogP contribution in [0.2, 0.25) is 5.02 Å². The molecule has 1 saturated heterocycles. The Morgan fingerprint density at radius 2 is 1.96 bits per heavy atom. The molecule has 0 aromatic heterocycles. The molecule has 1 fully saturated rings. The molecule has 0 bridgehead atoms. The molecule has 1 aliphatic heterocycles. The zero-order valence-electron chi connectivity index (χ0n) is 14.6. The van der Waals surface area contributed by atoms with Crippen molar-refractivity contribution in [2.75, 3.05) is 13.7 Å².